The largest absolute Gasteiger partial charge is 0.465 e. The summed E-state index contributed by atoms with van der Waals surface area (Å²) in [4.78, 5) is 31.6. The van der Waals surface area contributed by atoms with Gasteiger partial charge in [0.25, 0.3) is 5.56 Å². The molecule has 0 aliphatic heterocycles. The molecule has 0 saturated heterocycles. The fourth-order valence-corrected chi connectivity index (χ4v) is 5.16. The molecule has 1 aliphatic carbocycles. The van der Waals surface area contributed by atoms with Gasteiger partial charge in [-0.05, 0) is 45.1 Å². The number of rotatable bonds is 6. The lowest BCUT2D eigenvalue weighted by atomic mass is 9.97. The molecule has 2 aromatic heterocycles. The maximum Gasteiger partial charge on any atom is 0.316 e. The Morgan fingerprint density at radius 3 is 2.88 bits per heavy atom. The molecule has 2 heterocycles. The standard InChI is InChI=1S/C18H22N2O3S2/c1-4-23-14(21)10-24-18-19-16-15(17(22)20(18)9-11(2)3)12-7-5-6-8-13(12)25-16/h2,4-10H2,1,3H3. The Morgan fingerprint density at radius 2 is 2.16 bits per heavy atom. The second-order valence-electron chi connectivity index (χ2n) is 6.23. The highest BCUT2D eigenvalue weighted by Crippen LogP contribution is 2.34. The van der Waals surface area contributed by atoms with E-state index >= 15 is 0 Å². The fourth-order valence-electron chi connectivity index (χ4n) is 3.07. The molecule has 134 valence electrons. The lowest BCUT2D eigenvalue weighted by Gasteiger charge is -2.13. The molecule has 0 aromatic carbocycles. The van der Waals surface area contributed by atoms with E-state index in [1.807, 2.05) is 6.92 Å². The second kappa shape index (κ2) is 7.74. The third-order valence-corrected chi connectivity index (χ3v) is 6.23. The van der Waals surface area contributed by atoms with E-state index in [-0.39, 0.29) is 17.3 Å². The summed E-state index contributed by atoms with van der Waals surface area (Å²) in [6, 6.07) is 0. The topological polar surface area (TPSA) is 61.2 Å². The summed E-state index contributed by atoms with van der Waals surface area (Å²) in [6.45, 7) is 8.36. The number of thiophene rings is 1. The van der Waals surface area contributed by atoms with Crippen LogP contribution in [-0.2, 0) is 28.9 Å². The Morgan fingerprint density at radius 1 is 1.40 bits per heavy atom. The van der Waals surface area contributed by atoms with E-state index in [4.69, 9.17) is 9.72 Å². The van der Waals surface area contributed by atoms with Crippen LogP contribution in [0, 0.1) is 0 Å². The van der Waals surface area contributed by atoms with Crippen LogP contribution in [-0.4, -0.2) is 27.9 Å². The summed E-state index contributed by atoms with van der Waals surface area (Å²) < 4.78 is 6.63. The molecule has 0 atom stereocenters. The summed E-state index contributed by atoms with van der Waals surface area (Å²) in [7, 11) is 0. The van der Waals surface area contributed by atoms with Crippen molar-refractivity contribution in [3.63, 3.8) is 0 Å². The van der Waals surface area contributed by atoms with Gasteiger partial charge in [0.1, 0.15) is 4.83 Å². The van der Waals surface area contributed by atoms with Gasteiger partial charge in [0.15, 0.2) is 5.16 Å². The van der Waals surface area contributed by atoms with Crippen LogP contribution in [0.15, 0.2) is 22.1 Å². The number of fused-ring (bicyclic) bond motifs is 3. The molecule has 2 aromatic rings. The molecule has 1 aliphatic rings. The monoisotopic (exact) mass is 378 g/mol. The Balaban J connectivity index is 2.06. The van der Waals surface area contributed by atoms with Crippen LogP contribution in [0.1, 0.15) is 37.1 Å². The van der Waals surface area contributed by atoms with Gasteiger partial charge in [-0.2, -0.15) is 0 Å². The number of ether oxygens (including phenoxy) is 1. The van der Waals surface area contributed by atoms with Crippen molar-refractivity contribution in [3.05, 3.63) is 32.9 Å². The molecule has 0 unspecified atom stereocenters. The first-order valence-electron chi connectivity index (χ1n) is 8.49. The molecule has 0 N–H and O–H groups in total. The molecular weight excluding hydrogens is 356 g/mol. The summed E-state index contributed by atoms with van der Waals surface area (Å²) in [5, 5.41) is 1.33. The van der Waals surface area contributed by atoms with Gasteiger partial charge in [-0.25, -0.2) is 4.98 Å². The van der Waals surface area contributed by atoms with Crippen molar-refractivity contribution in [2.24, 2.45) is 0 Å². The Labute approximate surface area is 155 Å². The van der Waals surface area contributed by atoms with Crippen LogP contribution in [0.3, 0.4) is 0 Å². The minimum atomic E-state index is -0.297. The van der Waals surface area contributed by atoms with Crippen LogP contribution < -0.4 is 5.56 Å². The third-order valence-electron chi connectivity index (χ3n) is 4.09. The summed E-state index contributed by atoms with van der Waals surface area (Å²) in [5.74, 6) is -0.151. The number of hydrogen-bond acceptors (Lipinski definition) is 6. The molecule has 0 amide bonds. The molecule has 0 radical (unpaired) electrons. The number of hydrogen-bond donors (Lipinski definition) is 0. The summed E-state index contributed by atoms with van der Waals surface area (Å²) in [5.41, 5.74) is 2.05. The quantitative estimate of drug-likeness (QED) is 0.333. The lowest BCUT2D eigenvalue weighted by Crippen LogP contribution is -2.24. The van der Waals surface area contributed by atoms with Gasteiger partial charge in [0.05, 0.1) is 17.7 Å². The zero-order valence-corrected chi connectivity index (χ0v) is 16.2. The molecule has 0 spiro atoms. The highest BCUT2D eigenvalue weighted by Gasteiger charge is 2.22. The smallest absolute Gasteiger partial charge is 0.316 e. The van der Waals surface area contributed by atoms with Gasteiger partial charge in [0.2, 0.25) is 0 Å². The van der Waals surface area contributed by atoms with Gasteiger partial charge in [-0.15, -0.1) is 11.3 Å². The first-order chi connectivity index (χ1) is 12.0. The summed E-state index contributed by atoms with van der Waals surface area (Å²) in [6.07, 6.45) is 4.28. The van der Waals surface area contributed by atoms with E-state index in [1.165, 1.54) is 28.6 Å². The SMILES string of the molecule is C=C(C)Cn1c(SCC(=O)OCC)nc2sc3c(c2c1=O)CCCC3. The van der Waals surface area contributed by atoms with Crippen molar-refractivity contribution >= 4 is 39.3 Å². The Kier molecular flexibility index (Phi) is 5.64. The van der Waals surface area contributed by atoms with Crippen LogP contribution in [0.4, 0.5) is 0 Å². The van der Waals surface area contributed by atoms with Crippen molar-refractivity contribution in [1.29, 1.82) is 0 Å². The van der Waals surface area contributed by atoms with Crippen LogP contribution in [0.5, 0.6) is 0 Å². The van der Waals surface area contributed by atoms with Crippen LogP contribution in [0.25, 0.3) is 10.2 Å². The molecule has 7 heteroatoms. The van der Waals surface area contributed by atoms with Gasteiger partial charge >= 0.3 is 5.97 Å². The predicted molar refractivity (Wildman–Crippen MR) is 103 cm³/mol. The summed E-state index contributed by atoms with van der Waals surface area (Å²) >= 11 is 2.88. The number of allylic oxidation sites excluding steroid dienone is 1. The number of carbonyl (C=O) groups excluding carboxylic acids is 1. The zero-order valence-electron chi connectivity index (χ0n) is 14.6. The molecule has 0 bridgehead atoms. The molecule has 0 fully saturated rings. The Bertz CT molecular complexity index is 883. The number of aromatic nitrogens is 2. The van der Waals surface area contributed by atoms with Crippen molar-refractivity contribution < 1.29 is 9.53 Å². The molecule has 5 nitrogen and oxygen atoms in total. The number of nitrogens with zero attached hydrogens (tertiary/aromatic N) is 2. The third kappa shape index (κ3) is 3.82. The highest BCUT2D eigenvalue weighted by atomic mass is 32.2. The molecule has 3 rings (SSSR count). The van der Waals surface area contributed by atoms with E-state index in [9.17, 15) is 9.59 Å². The number of thioether (sulfide) groups is 1. The number of aryl methyl sites for hydroxylation is 2. The van der Waals surface area contributed by atoms with Gasteiger partial charge in [-0.1, -0.05) is 23.9 Å². The van der Waals surface area contributed by atoms with E-state index in [0.29, 0.717) is 18.3 Å². The molecule has 25 heavy (non-hydrogen) atoms. The van der Waals surface area contributed by atoms with Gasteiger partial charge in [-0.3, -0.25) is 14.2 Å². The minimum Gasteiger partial charge on any atom is -0.465 e. The normalized spacial score (nSPS) is 13.7. The average molecular weight is 379 g/mol. The van der Waals surface area contributed by atoms with E-state index in [1.54, 1.807) is 22.8 Å². The van der Waals surface area contributed by atoms with Crippen LogP contribution >= 0.6 is 23.1 Å². The van der Waals surface area contributed by atoms with E-state index in [0.717, 1.165) is 35.1 Å². The van der Waals surface area contributed by atoms with Crippen molar-refractivity contribution in [1.82, 2.24) is 9.55 Å². The molecule has 0 saturated carbocycles. The second-order valence-corrected chi connectivity index (χ2v) is 8.25. The maximum absolute atomic E-state index is 13.1. The Hall–Kier alpha value is -1.60. The first kappa shape index (κ1) is 18.2. The predicted octanol–water partition coefficient (Wildman–Crippen LogP) is 3.57. The van der Waals surface area contributed by atoms with Gasteiger partial charge < -0.3 is 4.74 Å². The average Bonchev–Trinajstić information content (AvgIpc) is 2.94. The van der Waals surface area contributed by atoms with Crippen molar-refractivity contribution in [2.75, 3.05) is 12.4 Å². The number of carbonyl (C=O) groups is 1. The number of esters is 1. The fraction of sp³-hybridized carbons (Fsp3) is 0.500. The van der Waals surface area contributed by atoms with Crippen LogP contribution in [0.2, 0.25) is 0 Å². The lowest BCUT2D eigenvalue weighted by molar-refractivity contribution is -0.139. The maximum atomic E-state index is 13.1. The van der Waals surface area contributed by atoms with E-state index in [2.05, 4.69) is 6.58 Å². The van der Waals surface area contributed by atoms with E-state index < -0.39 is 0 Å². The van der Waals surface area contributed by atoms with Crippen molar-refractivity contribution in [2.45, 2.75) is 51.2 Å². The zero-order chi connectivity index (χ0) is 18.0. The van der Waals surface area contributed by atoms with Crippen molar-refractivity contribution in [3.8, 4) is 0 Å². The first-order valence-corrected chi connectivity index (χ1v) is 10.3. The highest BCUT2D eigenvalue weighted by molar-refractivity contribution is 7.99. The van der Waals surface area contributed by atoms with Gasteiger partial charge in [0, 0.05) is 11.4 Å². The molecular formula is C18H22N2O3S2. The minimum absolute atomic E-state index is 0.0150.